The second-order valence-corrected chi connectivity index (χ2v) is 6.52. The van der Waals surface area contributed by atoms with Gasteiger partial charge in [-0.05, 0) is 52.4 Å². The molecule has 0 N–H and O–H groups in total. The van der Waals surface area contributed by atoms with Gasteiger partial charge in [-0.1, -0.05) is 34.6 Å². The van der Waals surface area contributed by atoms with Crippen LogP contribution in [-0.4, -0.2) is 56.5 Å². The first-order valence-corrected chi connectivity index (χ1v) is 8.94. The molecule has 2 aliphatic rings. The fraction of sp³-hybridized carbons (Fsp3) is 1.00. The van der Waals surface area contributed by atoms with Crippen molar-refractivity contribution in [3.8, 4) is 0 Å². The highest BCUT2D eigenvalue weighted by Crippen LogP contribution is 2.47. The van der Waals surface area contributed by atoms with E-state index in [0.717, 1.165) is 5.41 Å². The summed E-state index contributed by atoms with van der Waals surface area (Å²) in [6.45, 7) is 12.7. The zero-order chi connectivity index (χ0) is 17.8. The minimum Gasteiger partial charge on any atom is -0.309 e. The summed E-state index contributed by atoms with van der Waals surface area (Å²) in [5.74, 6) is -2.38. The van der Waals surface area contributed by atoms with Crippen LogP contribution in [0, 0.1) is 5.41 Å². The predicted octanol–water partition coefficient (Wildman–Crippen LogP) is 5.14. The Morgan fingerprint density at radius 3 is 1.59 bits per heavy atom. The lowest BCUT2D eigenvalue weighted by Gasteiger charge is -2.28. The van der Waals surface area contributed by atoms with Crippen molar-refractivity contribution in [2.45, 2.75) is 72.6 Å². The second-order valence-electron chi connectivity index (χ2n) is 6.52. The van der Waals surface area contributed by atoms with Crippen LogP contribution in [0.1, 0.15) is 66.7 Å². The molecule has 1 aliphatic heterocycles. The van der Waals surface area contributed by atoms with Gasteiger partial charge in [0.25, 0.3) is 5.92 Å². The highest BCUT2D eigenvalue weighted by molar-refractivity contribution is 4.88. The van der Waals surface area contributed by atoms with E-state index in [1.165, 1.54) is 25.8 Å². The van der Waals surface area contributed by atoms with E-state index in [1.807, 2.05) is 39.6 Å². The molecule has 1 saturated heterocycles. The molecule has 1 aliphatic carbocycles. The largest absolute Gasteiger partial charge is 0.309 e. The molecule has 0 aromatic rings. The predicted molar refractivity (Wildman–Crippen MR) is 94.9 cm³/mol. The van der Waals surface area contributed by atoms with Crippen molar-refractivity contribution >= 4 is 0 Å². The highest BCUT2D eigenvalue weighted by atomic mass is 19.3. The summed E-state index contributed by atoms with van der Waals surface area (Å²) in [5, 5.41) is 0. The maximum absolute atomic E-state index is 12.4. The number of halogens is 2. The Kier molecular flexibility index (Phi) is 13.4. The Hall–Kier alpha value is -0.220. The third-order valence-corrected chi connectivity index (χ3v) is 3.98. The molecule has 2 nitrogen and oxygen atoms in total. The van der Waals surface area contributed by atoms with Gasteiger partial charge in [0.05, 0.1) is 0 Å². The lowest BCUT2D eigenvalue weighted by atomic mass is 10.1. The normalized spacial score (nSPS) is 21.4. The van der Waals surface area contributed by atoms with Crippen LogP contribution in [0.3, 0.4) is 0 Å². The molecule has 0 aromatic carbocycles. The summed E-state index contributed by atoms with van der Waals surface area (Å²) in [6.07, 6.45) is 4.37. The lowest BCUT2D eigenvalue weighted by Crippen LogP contribution is -2.36. The van der Waals surface area contributed by atoms with Gasteiger partial charge in [0, 0.05) is 25.9 Å². The maximum atomic E-state index is 12.4. The molecule has 0 spiro atoms. The third-order valence-electron chi connectivity index (χ3n) is 3.98. The molecule has 0 aromatic heterocycles. The summed E-state index contributed by atoms with van der Waals surface area (Å²) in [6, 6.07) is 0. The maximum Gasteiger partial charge on any atom is 0.250 e. The van der Waals surface area contributed by atoms with Gasteiger partial charge in [-0.2, -0.15) is 0 Å². The molecule has 2 rings (SSSR count). The van der Waals surface area contributed by atoms with Crippen LogP contribution < -0.4 is 0 Å². The molecule has 0 radical (unpaired) electrons. The molecule has 0 atom stereocenters. The second kappa shape index (κ2) is 12.2. The average molecular weight is 323 g/mol. The topological polar surface area (TPSA) is 6.48 Å². The van der Waals surface area contributed by atoms with Crippen molar-refractivity contribution in [2.24, 2.45) is 5.41 Å². The smallest absolute Gasteiger partial charge is 0.250 e. The molecule has 136 valence electrons. The Balaban J connectivity index is 0. The van der Waals surface area contributed by atoms with E-state index in [-0.39, 0.29) is 12.8 Å². The average Bonchev–Trinajstić information content (AvgIpc) is 3.24. The summed E-state index contributed by atoms with van der Waals surface area (Å²) >= 11 is 0. The SMILES string of the molecule is CC.CC.CN(C)CCC1(C)CC1.CN1CCC(F)(F)CC1. The van der Waals surface area contributed by atoms with Gasteiger partial charge in [-0.3, -0.25) is 0 Å². The first-order valence-electron chi connectivity index (χ1n) is 8.94. The van der Waals surface area contributed by atoms with Crippen LogP contribution >= 0.6 is 0 Å². The van der Waals surface area contributed by atoms with E-state index in [0.29, 0.717) is 13.1 Å². The molecule has 0 amide bonds. The highest BCUT2D eigenvalue weighted by Gasteiger charge is 2.36. The van der Waals surface area contributed by atoms with Crippen LogP contribution in [-0.2, 0) is 0 Å². The van der Waals surface area contributed by atoms with Crippen molar-refractivity contribution in [1.29, 1.82) is 0 Å². The van der Waals surface area contributed by atoms with Crippen LogP contribution in [0.2, 0.25) is 0 Å². The number of rotatable bonds is 3. The van der Waals surface area contributed by atoms with Gasteiger partial charge in [0.1, 0.15) is 0 Å². The van der Waals surface area contributed by atoms with Crippen LogP contribution in [0.5, 0.6) is 0 Å². The van der Waals surface area contributed by atoms with E-state index in [9.17, 15) is 8.78 Å². The van der Waals surface area contributed by atoms with E-state index in [1.54, 1.807) is 0 Å². The zero-order valence-corrected chi connectivity index (χ0v) is 16.3. The van der Waals surface area contributed by atoms with Crippen LogP contribution in [0.15, 0.2) is 0 Å². The van der Waals surface area contributed by atoms with Crippen LogP contribution in [0.25, 0.3) is 0 Å². The molecule has 0 bridgehead atoms. The Labute approximate surface area is 138 Å². The van der Waals surface area contributed by atoms with Gasteiger partial charge >= 0.3 is 0 Å². The fourth-order valence-corrected chi connectivity index (χ4v) is 1.90. The van der Waals surface area contributed by atoms with Crippen molar-refractivity contribution in [2.75, 3.05) is 40.8 Å². The Morgan fingerprint density at radius 1 is 0.909 bits per heavy atom. The van der Waals surface area contributed by atoms with Crippen LogP contribution in [0.4, 0.5) is 8.78 Å². The Morgan fingerprint density at radius 2 is 1.32 bits per heavy atom. The lowest BCUT2D eigenvalue weighted by molar-refractivity contribution is -0.0504. The summed E-state index contributed by atoms with van der Waals surface area (Å²) in [7, 11) is 6.16. The first kappa shape index (κ1) is 24.0. The molecule has 4 heteroatoms. The number of nitrogens with zero attached hydrogens (tertiary/aromatic N) is 2. The van der Waals surface area contributed by atoms with Crippen molar-refractivity contribution in [3.63, 3.8) is 0 Å². The number of alkyl halides is 2. The summed E-state index contributed by atoms with van der Waals surface area (Å²) in [5.41, 5.74) is 0.740. The zero-order valence-electron chi connectivity index (χ0n) is 16.3. The van der Waals surface area contributed by atoms with Crippen molar-refractivity contribution < 1.29 is 8.78 Å². The van der Waals surface area contributed by atoms with Gasteiger partial charge in [0.15, 0.2) is 0 Å². The van der Waals surface area contributed by atoms with Crippen molar-refractivity contribution in [3.05, 3.63) is 0 Å². The molecule has 1 saturated carbocycles. The monoisotopic (exact) mass is 322 g/mol. The Bertz CT molecular complexity index is 241. The van der Waals surface area contributed by atoms with Gasteiger partial charge in [-0.25, -0.2) is 8.78 Å². The standard InChI is InChI=1S/C8H17N.C6H11F2N.2C2H6/c1-8(4-5-8)6-7-9(2)3;1-9-4-2-6(7,8)3-5-9;2*1-2/h4-7H2,1-3H3;2-5H2,1H3;2*1-2H3. The van der Waals surface area contributed by atoms with Crippen molar-refractivity contribution in [1.82, 2.24) is 9.80 Å². The molecule has 1 heterocycles. The minimum atomic E-state index is -2.38. The molecular weight excluding hydrogens is 282 g/mol. The van der Waals surface area contributed by atoms with Gasteiger partial charge in [0.2, 0.25) is 0 Å². The summed E-state index contributed by atoms with van der Waals surface area (Å²) < 4.78 is 24.7. The fourth-order valence-electron chi connectivity index (χ4n) is 1.90. The number of piperidine rings is 1. The van der Waals surface area contributed by atoms with E-state index < -0.39 is 5.92 Å². The number of hydrogen-bond donors (Lipinski definition) is 0. The number of hydrogen-bond acceptors (Lipinski definition) is 2. The molecule has 22 heavy (non-hydrogen) atoms. The quantitative estimate of drug-likeness (QED) is 0.710. The molecular formula is C18H40F2N2. The first-order chi connectivity index (χ1) is 10.2. The molecule has 0 unspecified atom stereocenters. The minimum absolute atomic E-state index is 0.0312. The summed E-state index contributed by atoms with van der Waals surface area (Å²) in [4.78, 5) is 4.20. The van der Waals surface area contributed by atoms with Gasteiger partial charge in [-0.15, -0.1) is 0 Å². The van der Waals surface area contributed by atoms with E-state index in [4.69, 9.17) is 0 Å². The number of likely N-dealkylation sites (tertiary alicyclic amines) is 1. The van der Waals surface area contributed by atoms with Gasteiger partial charge < -0.3 is 9.80 Å². The third kappa shape index (κ3) is 13.4. The van der Waals surface area contributed by atoms with E-state index >= 15 is 0 Å². The molecule has 2 fully saturated rings. The van der Waals surface area contributed by atoms with E-state index in [2.05, 4.69) is 25.9 Å².